The number of alkyl carbamates (subject to hydrolysis) is 1. The standard InChI is InChI=1S/C32H42N4O4/c37-30-15-14-29(31(38)35-30)26-8-6-23(7-9-26)20-33-21-24-16-18-36(19-17-24)28-12-10-27(11-13-28)34-32(39)40-22-25-4-2-1-3-5-25/h1-9,24,27-29,33H,10-22H2,(H,34,39)(H,35,37,38). The van der Waals surface area contributed by atoms with Gasteiger partial charge in [-0.2, -0.15) is 0 Å². The Morgan fingerprint density at radius 1 is 0.875 bits per heavy atom. The van der Waals surface area contributed by atoms with Gasteiger partial charge in [-0.3, -0.25) is 14.9 Å². The summed E-state index contributed by atoms with van der Waals surface area (Å²) in [5.74, 6) is 0.109. The minimum absolute atomic E-state index is 0.175. The van der Waals surface area contributed by atoms with Crippen molar-refractivity contribution in [3.8, 4) is 0 Å². The summed E-state index contributed by atoms with van der Waals surface area (Å²) in [5.41, 5.74) is 3.19. The van der Waals surface area contributed by atoms with Crippen LogP contribution in [0.2, 0.25) is 0 Å². The van der Waals surface area contributed by atoms with Crippen LogP contribution in [-0.4, -0.2) is 54.5 Å². The van der Waals surface area contributed by atoms with E-state index < -0.39 is 0 Å². The first kappa shape index (κ1) is 28.3. The highest BCUT2D eigenvalue weighted by Gasteiger charge is 2.30. The number of benzene rings is 2. The Bertz CT molecular complexity index is 1120. The molecule has 40 heavy (non-hydrogen) atoms. The Morgan fingerprint density at radius 2 is 1.60 bits per heavy atom. The van der Waals surface area contributed by atoms with E-state index in [1.807, 2.05) is 42.5 Å². The van der Waals surface area contributed by atoms with Crippen molar-refractivity contribution in [2.45, 2.75) is 82.5 Å². The smallest absolute Gasteiger partial charge is 0.407 e. The number of ether oxygens (including phenoxy) is 1. The fourth-order valence-corrected chi connectivity index (χ4v) is 6.34. The van der Waals surface area contributed by atoms with E-state index in [9.17, 15) is 14.4 Å². The molecule has 1 unspecified atom stereocenters. The van der Waals surface area contributed by atoms with Crippen LogP contribution in [0.3, 0.4) is 0 Å². The van der Waals surface area contributed by atoms with Gasteiger partial charge in [0.15, 0.2) is 0 Å². The van der Waals surface area contributed by atoms with E-state index >= 15 is 0 Å². The summed E-state index contributed by atoms with van der Waals surface area (Å²) in [6, 6.07) is 18.8. The van der Waals surface area contributed by atoms with Crippen LogP contribution < -0.4 is 16.0 Å². The molecule has 1 atom stereocenters. The number of carbonyl (C=O) groups is 3. The Hall–Kier alpha value is -3.23. The fourth-order valence-electron chi connectivity index (χ4n) is 6.34. The third kappa shape index (κ3) is 7.92. The van der Waals surface area contributed by atoms with Crippen molar-refractivity contribution in [2.24, 2.45) is 5.92 Å². The molecule has 3 fully saturated rings. The lowest BCUT2D eigenvalue weighted by molar-refractivity contribution is -0.134. The SMILES string of the molecule is O=C1CCC(c2ccc(CNCC3CCN(C4CCC(NC(=O)OCc5ccccc5)CC4)CC3)cc2)C(=O)N1. The van der Waals surface area contributed by atoms with Gasteiger partial charge in [0.25, 0.3) is 0 Å². The normalized spacial score (nSPS) is 24.4. The molecule has 2 aromatic rings. The molecule has 1 saturated carbocycles. The van der Waals surface area contributed by atoms with E-state index in [0.717, 1.165) is 63.0 Å². The molecule has 5 rings (SSSR count). The zero-order chi connectivity index (χ0) is 27.7. The van der Waals surface area contributed by atoms with Crippen molar-refractivity contribution in [1.29, 1.82) is 0 Å². The first-order chi connectivity index (χ1) is 19.5. The number of carbonyl (C=O) groups excluding carboxylic acids is 3. The van der Waals surface area contributed by atoms with Crippen molar-refractivity contribution in [2.75, 3.05) is 19.6 Å². The molecule has 3 aliphatic rings. The maximum Gasteiger partial charge on any atom is 0.407 e. The van der Waals surface area contributed by atoms with Crippen LogP contribution in [0, 0.1) is 5.92 Å². The Labute approximate surface area is 237 Å². The lowest BCUT2D eigenvalue weighted by Gasteiger charge is -2.41. The summed E-state index contributed by atoms with van der Waals surface area (Å²) in [5, 5.41) is 9.13. The quantitative estimate of drug-likeness (QED) is 0.407. The van der Waals surface area contributed by atoms with Gasteiger partial charge in [-0.05, 0) is 87.2 Å². The molecule has 2 saturated heterocycles. The highest BCUT2D eigenvalue weighted by molar-refractivity contribution is 6.00. The number of piperidine rings is 2. The molecule has 0 bridgehead atoms. The first-order valence-electron chi connectivity index (χ1n) is 14.9. The molecule has 3 N–H and O–H groups in total. The predicted molar refractivity (Wildman–Crippen MR) is 153 cm³/mol. The van der Waals surface area contributed by atoms with Gasteiger partial charge in [-0.25, -0.2) is 4.79 Å². The van der Waals surface area contributed by atoms with Crippen LogP contribution in [0.25, 0.3) is 0 Å². The Balaban J connectivity index is 0.947. The maximum atomic E-state index is 12.2. The summed E-state index contributed by atoms with van der Waals surface area (Å²) in [7, 11) is 0. The van der Waals surface area contributed by atoms with E-state index in [0.29, 0.717) is 31.4 Å². The van der Waals surface area contributed by atoms with Gasteiger partial charge >= 0.3 is 6.09 Å². The van der Waals surface area contributed by atoms with Gasteiger partial charge in [0, 0.05) is 25.0 Å². The van der Waals surface area contributed by atoms with Crippen molar-refractivity contribution in [3.05, 3.63) is 71.3 Å². The van der Waals surface area contributed by atoms with Crippen LogP contribution in [0.5, 0.6) is 0 Å². The van der Waals surface area contributed by atoms with Gasteiger partial charge < -0.3 is 20.3 Å². The van der Waals surface area contributed by atoms with Crippen molar-refractivity contribution < 1.29 is 19.1 Å². The van der Waals surface area contributed by atoms with E-state index in [2.05, 4.69) is 33.0 Å². The molecule has 0 radical (unpaired) electrons. The minimum atomic E-state index is -0.314. The third-order valence-corrected chi connectivity index (χ3v) is 8.78. The number of nitrogens with zero attached hydrogens (tertiary/aromatic N) is 1. The van der Waals surface area contributed by atoms with Crippen LogP contribution >= 0.6 is 0 Å². The molecule has 0 spiro atoms. The zero-order valence-corrected chi connectivity index (χ0v) is 23.3. The summed E-state index contributed by atoms with van der Waals surface area (Å²) in [4.78, 5) is 38.4. The van der Waals surface area contributed by atoms with Gasteiger partial charge in [0.1, 0.15) is 6.61 Å². The minimum Gasteiger partial charge on any atom is -0.445 e. The number of hydrogen-bond donors (Lipinski definition) is 3. The maximum absolute atomic E-state index is 12.2. The summed E-state index contributed by atoms with van der Waals surface area (Å²) >= 11 is 0. The largest absolute Gasteiger partial charge is 0.445 e. The van der Waals surface area contributed by atoms with E-state index in [-0.39, 0.29) is 29.9 Å². The first-order valence-corrected chi connectivity index (χ1v) is 14.9. The lowest BCUT2D eigenvalue weighted by atomic mass is 9.87. The molecule has 1 aliphatic carbocycles. The van der Waals surface area contributed by atoms with Gasteiger partial charge in [-0.15, -0.1) is 0 Å². The second-order valence-corrected chi connectivity index (χ2v) is 11.6. The van der Waals surface area contributed by atoms with E-state index in [1.165, 1.54) is 18.4 Å². The highest BCUT2D eigenvalue weighted by atomic mass is 16.5. The van der Waals surface area contributed by atoms with Gasteiger partial charge in [-0.1, -0.05) is 54.6 Å². The van der Waals surface area contributed by atoms with E-state index in [1.54, 1.807) is 0 Å². The number of hydrogen-bond acceptors (Lipinski definition) is 6. The Morgan fingerprint density at radius 3 is 2.30 bits per heavy atom. The second-order valence-electron chi connectivity index (χ2n) is 11.6. The van der Waals surface area contributed by atoms with Crippen LogP contribution in [0.1, 0.15) is 74.0 Å². The molecule has 0 aromatic heterocycles. The summed E-state index contributed by atoms with van der Waals surface area (Å²) < 4.78 is 5.39. The number of imide groups is 1. The summed E-state index contributed by atoms with van der Waals surface area (Å²) in [6.07, 6.45) is 7.38. The van der Waals surface area contributed by atoms with Crippen molar-refractivity contribution in [3.63, 3.8) is 0 Å². The number of amides is 3. The summed E-state index contributed by atoms with van der Waals surface area (Å²) in [6.45, 7) is 4.44. The van der Waals surface area contributed by atoms with Crippen LogP contribution in [0.4, 0.5) is 4.79 Å². The zero-order valence-electron chi connectivity index (χ0n) is 23.3. The van der Waals surface area contributed by atoms with Gasteiger partial charge in [0.05, 0.1) is 5.92 Å². The number of rotatable bonds is 9. The fraction of sp³-hybridized carbons (Fsp3) is 0.531. The van der Waals surface area contributed by atoms with E-state index in [4.69, 9.17) is 4.74 Å². The molecule has 8 heteroatoms. The second kappa shape index (κ2) is 13.9. The number of likely N-dealkylation sites (tertiary alicyclic amines) is 1. The Kier molecular flexibility index (Phi) is 9.84. The number of nitrogens with one attached hydrogen (secondary N) is 3. The third-order valence-electron chi connectivity index (χ3n) is 8.78. The average Bonchev–Trinajstić information content (AvgIpc) is 2.98. The average molecular weight is 547 g/mol. The molecule has 8 nitrogen and oxygen atoms in total. The molecular weight excluding hydrogens is 504 g/mol. The molecule has 214 valence electrons. The highest BCUT2D eigenvalue weighted by Crippen LogP contribution is 2.28. The topological polar surface area (TPSA) is 99.8 Å². The van der Waals surface area contributed by atoms with Crippen molar-refractivity contribution in [1.82, 2.24) is 20.9 Å². The molecule has 2 aliphatic heterocycles. The van der Waals surface area contributed by atoms with Crippen LogP contribution in [0.15, 0.2) is 54.6 Å². The lowest BCUT2D eigenvalue weighted by Crippen LogP contribution is -2.47. The molecule has 3 amide bonds. The molecule has 2 heterocycles. The van der Waals surface area contributed by atoms with Gasteiger partial charge in [0.2, 0.25) is 11.8 Å². The molecular formula is C32H42N4O4. The molecule has 2 aromatic carbocycles. The predicted octanol–water partition coefficient (Wildman–Crippen LogP) is 4.25. The van der Waals surface area contributed by atoms with Crippen LogP contribution in [-0.2, 0) is 27.5 Å². The monoisotopic (exact) mass is 546 g/mol. The van der Waals surface area contributed by atoms with Crippen molar-refractivity contribution >= 4 is 17.9 Å².